The molecule has 21 heavy (non-hydrogen) atoms. The van der Waals surface area contributed by atoms with Gasteiger partial charge in [-0.05, 0) is 50.4 Å². The fourth-order valence-corrected chi connectivity index (χ4v) is 2.26. The minimum absolute atomic E-state index is 0.165. The molecule has 2 aromatic rings. The van der Waals surface area contributed by atoms with Crippen molar-refractivity contribution >= 4 is 21.8 Å². The topological polar surface area (TPSA) is 64.3 Å². The number of hydrogen-bond donors (Lipinski definition) is 2. The number of primary amides is 1. The Kier molecular flexibility index (Phi) is 4.98. The average Bonchev–Trinajstić information content (AvgIpc) is 2.47. The molecule has 2 rings (SSSR count). The molecule has 1 unspecified atom stereocenters. The number of benzene rings is 2. The van der Waals surface area contributed by atoms with Crippen LogP contribution < -0.4 is 15.8 Å². The number of rotatable bonds is 5. The van der Waals surface area contributed by atoms with Gasteiger partial charge in [0, 0.05) is 21.6 Å². The lowest BCUT2D eigenvalue weighted by Crippen LogP contribution is -2.13. The Morgan fingerprint density at radius 1 is 1.24 bits per heavy atom. The summed E-state index contributed by atoms with van der Waals surface area (Å²) in [7, 11) is 1.90. The van der Waals surface area contributed by atoms with Gasteiger partial charge in [0.1, 0.15) is 11.5 Å². The lowest BCUT2D eigenvalue weighted by Gasteiger charge is -2.16. The van der Waals surface area contributed by atoms with Crippen LogP contribution in [0.25, 0.3) is 0 Å². The van der Waals surface area contributed by atoms with Crippen LogP contribution in [0.15, 0.2) is 46.9 Å². The maximum Gasteiger partial charge on any atom is 0.248 e. The van der Waals surface area contributed by atoms with Crippen LogP contribution in [-0.2, 0) is 0 Å². The zero-order valence-electron chi connectivity index (χ0n) is 11.9. The molecule has 1 amide bonds. The number of hydrogen-bond acceptors (Lipinski definition) is 3. The van der Waals surface area contributed by atoms with Crippen LogP contribution in [0.2, 0.25) is 0 Å². The maximum atomic E-state index is 11.1. The van der Waals surface area contributed by atoms with Crippen LogP contribution in [0.5, 0.6) is 11.5 Å². The first-order valence-corrected chi connectivity index (χ1v) is 7.35. The maximum absolute atomic E-state index is 11.1. The molecule has 110 valence electrons. The van der Waals surface area contributed by atoms with E-state index >= 15 is 0 Å². The summed E-state index contributed by atoms with van der Waals surface area (Å²) in [5.41, 5.74) is 6.74. The summed E-state index contributed by atoms with van der Waals surface area (Å²) in [5.74, 6) is 0.967. The second kappa shape index (κ2) is 6.74. The van der Waals surface area contributed by atoms with Crippen molar-refractivity contribution in [1.29, 1.82) is 0 Å². The van der Waals surface area contributed by atoms with Crippen LogP contribution in [0.4, 0.5) is 0 Å². The highest BCUT2D eigenvalue weighted by molar-refractivity contribution is 9.10. The van der Waals surface area contributed by atoms with E-state index in [1.165, 1.54) is 0 Å². The van der Waals surface area contributed by atoms with Crippen molar-refractivity contribution in [2.45, 2.75) is 13.0 Å². The first kappa shape index (κ1) is 15.5. The highest BCUT2D eigenvalue weighted by Crippen LogP contribution is 2.32. The monoisotopic (exact) mass is 348 g/mol. The first-order chi connectivity index (χ1) is 10.0. The molecule has 0 aromatic heterocycles. The van der Waals surface area contributed by atoms with Crippen molar-refractivity contribution in [2.24, 2.45) is 5.73 Å². The van der Waals surface area contributed by atoms with Gasteiger partial charge in [0.2, 0.25) is 5.91 Å². The van der Waals surface area contributed by atoms with E-state index in [1.807, 2.05) is 25.2 Å². The Bertz CT molecular complexity index is 641. The fourth-order valence-electron chi connectivity index (χ4n) is 1.92. The molecule has 0 fully saturated rings. The Morgan fingerprint density at radius 2 is 1.90 bits per heavy atom. The molecule has 0 bridgehead atoms. The Balaban J connectivity index is 2.29. The lowest BCUT2D eigenvalue weighted by molar-refractivity contribution is 0.100. The number of halogens is 1. The van der Waals surface area contributed by atoms with Crippen LogP contribution in [-0.4, -0.2) is 13.0 Å². The van der Waals surface area contributed by atoms with E-state index in [2.05, 4.69) is 28.2 Å². The van der Waals surface area contributed by atoms with Gasteiger partial charge in [0.25, 0.3) is 0 Å². The molecular formula is C16H17BrN2O2. The number of carbonyl (C=O) groups is 1. The van der Waals surface area contributed by atoms with Gasteiger partial charge in [0.05, 0.1) is 0 Å². The molecule has 2 aromatic carbocycles. The normalized spacial score (nSPS) is 12.0. The number of amides is 1. The van der Waals surface area contributed by atoms with E-state index in [0.717, 1.165) is 15.8 Å². The van der Waals surface area contributed by atoms with E-state index < -0.39 is 5.91 Å². The zero-order chi connectivity index (χ0) is 15.4. The zero-order valence-corrected chi connectivity index (χ0v) is 13.5. The van der Waals surface area contributed by atoms with Crippen molar-refractivity contribution in [3.8, 4) is 11.5 Å². The van der Waals surface area contributed by atoms with Crippen LogP contribution >= 0.6 is 15.9 Å². The van der Waals surface area contributed by atoms with Crippen molar-refractivity contribution in [3.05, 3.63) is 58.1 Å². The quantitative estimate of drug-likeness (QED) is 0.867. The van der Waals surface area contributed by atoms with Gasteiger partial charge in [-0.2, -0.15) is 0 Å². The number of nitrogens with two attached hydrogens (primary N) is 1. The Morgan fingerprint density at radius 3 is 2.48 bits per heavy atom. The third-order valence-electron chi connectivity index (χ3n) is 3.24. The third kappa shape index (κ3) is 3.83. The van der Waals surface area contributed by atoms with Gasteiger partial charge in [0.15, 0.2) is 0 Å². The molecule has 3 N–H and O–H groups in total. The van der Waals surface area contributed by atoms with Crippen LogP contribution in [0, 0.1) is 0 Å². The molecule has 0 radical (unpaired) electrons. The fraction of sp³-hybridized carbons (Fsp3) is 0.188. The summed E-state index contributed by atoms with van der Waals surface area (Å²) in [4.78, 5) is 11.1. The smallest absolute Gasteiger partial charge is 0.248 e. The second-order valence-electron chi connectivity index (χ2n) is 4.68. The molecule has 4 nitrogen and oxygen atoms in total. The summed E-state index contributed by atoms with van der Waals surface area (Å²) in [6.45, 7) is 2.06. The van der Waals surface area contributed by atoms with Gasteiger partial charge in [-0.15, -0.1) is 0 Å². The van der Waals surface area contributed by atoms with E-state index in [9.17, 15) is 4.79 Å². The molecule has 0 aliphatic rings. The van der Waals surface area contributed by atoms with Crippen LogP contribution in [0.1, 0.15) is 28.9 Å². The third-order valence-corrected chi connectivity index (χ3v) is 3.74. The minimum Gasteiger partial charge on any atom is -0.457 e. The van der Waals surface area contributed by atoms with E-state index in [4.69, 9.17) is 10.5 Å². The summed E-state index contributed by atoms with van der Waals surface area (Å²) >= 11 is 3.45. The van der Waals surface area contributed by atoms with Crippen molar-refractivity contribution in [1.82, 2.24) is 5.32 Å². The summed E-state index contributed by atoms with van der Waals surface area (Å²) in [6, 6.07) is 12.8. The van der Waals surface area contributed by atoms with Crippen molar-refractivity contribution in [3.63, 3.8) is 0 Å². The van der Waals surface area contributed by atoms with Gasteiger partial charge < -0.3 is 15.8 Å². The first-order valence-electron chi connectivity index (χ1n) is 6.55. The highest BCUT2D eigenvalue weighted by Gasteiger charge is 2.11. The molecule has 5 heteroatoms. The number of nitrogens with one attached hydrogen (secondary N) is 1. The minimum atomic E-state index is -0.450. The number of ether oxygens (including phenoxy) is 1. The largest absolute Gasteiger partial charge is 0.457 e. The lowest BCUT2D eigenvalue weighted by atomic mass is 10.1. The predicted molar refractivity (Wildman–Crippen MR) is 86.7 cm³/mol. The summed E-state index contributed by atoms with van der Waals surface area (Å²) in [6.07, 6.45) is 0. The molecule has 0 aliphatic carbocycles. The highest BCUT2D eigenvalue weighted by atomic mass is 79.9. The second-order valence-corrected chi connectivity index (χ2v) is 5.60. The number of carbonyl (C=O) groups excluding carboxylic acids is 1. The SMILES string of the molecule is CNC(C)c1ccc(Br)cc1Oc1ccc(C(N)=O)cc1. The summed E-state index contributed by atoms with van der Waals surface area (Å²) < 4.78 is 6.87. The van der Waals surface area contributed by atoms with Gasteiger partial charge in [-0.1, -0.05) is 22.0 Å². The van der Waals surface area contributed by atoms with Gasteiger partial charge >= 0.3 is 0 Å². The van der Waals surface area contributed by atoms with Crippen LogP contribution in [0.3, 0.4) is 0 Å². The summed E-state index contributed by atoms with van der Waals surface area (Å²) in [5, 5.41) is 3.19. The standard InChI is InChI=1S/C16H17BrN2O2/c1-10(19-2)14-8-5-12(17)9-15(14)21-13-6-3-11(4-7-13)16(18)20/h3-10,19H,1-2H3,(H2,18,20). The molecular weight excluding hydrogens is 332 g/mol. The van der Waals surface area contributed by atoms with E-state index in [1.54, 1.807) is 24.3 Å². The molecule has 0 heterocycles. The molecule has 0 saturated heterocycles. The van der Waals surface area contributed by atoms with Gasteiger partial charge in [-0.25, -0.2) is 0 Å². The van der Waals surface area contributed by atoms with Crippen molar-refractivity contribution in [2.75, 3.05) is 7.05 Å². The molecule has 1 atom stereocenters. The van der Waals surface area contributed by atoms with Crippen molar-refractivity contribution < 1.29 is 9.53 Å². The molecule has 0 spiro atoms. The molecule has 0 saturated carbocycles. The van der Waals surface area contributed by atoms with E-state index in [-0.39, 0.29) is 6.04 Å². The Labute approximate surface area is 132 Å². The Hall–Kier alpha value is -1.85. The average molecular weight is 349 g/mol. The molecule has 0 aliphatic heterocycles. The van der Waals surface area contributed by atoms with Gasteiger partial charge in [-0.3, -0.25) is 4.79 Å². The van der Waals surface area contributed by atoms with E-state index in [0.29, 0.717) is 11.3 Å². The predicted octanol–water partition coefficient (Wildman–Crippen LogP) is 3.62.